The lowest BCUT2D eigenvalue weighted by molar-refractivity contribution is -1.04. The van der Waals surface area contributed by atoms with Crippen molar-refractivity contribution < 1.29 is 19.4 Å². The maximum atomic E-state index is 12.1. The molecule has 7 aliphatic rings. The Balaban J connectivity index is 1.42. The number of rotatable bonds is 3. The third-order valence-electron chi connectivity index (χ3n) is 10.9. The van der Waals surface area contributed by atoms with Gasteiger partial charge in [0.05, 0.1) is 23.6 Å². The van der Waals surface area contributed by atoms with E-state index in [0.717, 1.165) is 49.7 Å². The summed E-state index contributed by atoms with van der Waals surface area (Å²) < 4.78 is 7.08. The van der Waals surface area contributed by atoms with Gasteiger partial charge in [0.1, 0.15) is 18.7 Å². The van der Waals surface area contributed by atoms with Crippen molar-refractivity contribution in [1.82, 2.24) is 0 Å². The quantitative estimate of drug-likeness (QED) is 0.731. The monoisotopic (exact) mass is 425 g/mol. The Hall–Kier alpha value is -1.14. The fourth-order valence-corrected chi connectivity index (χ4v) is 10.1. The maximum Gasteiger partial charge on any atom is 0.194 e. The van der Waals surface area contributed by atoms with Gasteiger partial charge in [0.2, 0.25) is 0 Å². The summed E-state index contributed by atoms with van der Waals surface area (Å²) in [4.78, 5) is 2.48. The maximum absolute atomic E-state index is 12.1. The lowest BCUT2D eigenvalue weighted by Gasteiger charge is -2.68. The largest absolute Gasteiger partial charge is 0.392 e. The zero-order chi connectivity index (χ0) is 21.1. The number of piperidine rings is 4. The van der Waals surface area contributed by atoms with Gasteiger partial charge in [-0.3, -0.25) is 4.48 Å². The molecule has 2 N–H and O–H groups in total. The number of aliphatic hydroxyl groups excluding tert-OH is 2. The van der Waals surface area contributed by atoms with Gasteiger partial charge in [-0.2, -0.15) is 0 Å². The lowest BCUT2D eigenvalue weighted by Crippen LogP contribution is -2.83. The molecule has 6 fully saturated rings. The first kappa shape index (κ1) is 19.3. The number of para-hydroxylation sites is 1. The first-order chi connectivity index (χ1) is 15.1. The molecule has 168 valence electrons. The summed E-state index contributed by atoms with van der Waals surface area (Å²) in [7, 11) is 2.24. The van der Waals surface area contributed by atoms with Crippen LogP contribution in [0, 0.1) is 17.8 Å². The molecule has 1 aromatic carbocycles. The molecule has 5 saturated heterocycles. The molecule has 11 unspecified atom stereocenters. The van der Waals surface area contributed by atoms with E-state index in [0.29, 0.717) is 29.8 Å². The van der Waals surface area contributed by atoms with E-state index < -0.39 is 0 Å². The van der Waals surface area contributed by atoms with Gasteiger partial charge < -0.3 is 19.8 Å². The molecule has 5 bridgehead atoms. The highest BCUT2D eigenvalue weighted by atomic mass is 16.5. The molecule has 1 saturated carbocycles. The highest BCUT2D eigenvalue weighted by Gasteiger charge is 2.83. The van der Waals surface area contributed by atoms with E-state index >= 15 is 0 Å². The zero-order valence-corrected chi connectivity index (χ0v) is 18.9. The normalized spacial score (nSPS) is 53.7. The summed E-state index contributed by atoms with van der Waals surface area (Å²) in [6.07, 6.45) is 6.30. The number of fused-ring (bicyclic) bond motifs is 2. The number of likely N-dealkylation sites (N-methyl/N-ethyl adjacent to an activating group) is 1. The predicted molar refractivity (Wildman–Crippen MR) is 119 cm³/mol. The Labute approximate surface area is 185 Å². The van der Waals surface area contributed by atoms with Crippen LogP contribution < -0.4 is 4.90 Å². The molecule has 8 rings (SSSR count). The molecule has 5 heteroatoms. The Bertz CT molecular complexity index is 902. The predicted octanol–water partition coefficient (Wildman–Crippen LogP) is 2.64. The number of benzene rings is 1. The smallest absolute Gasteiger partial charge is 0.194 e. The number of hydrogen-bond donors (Lipinski definition) is 2. The van der Waals surface area contributed by atoms with Crippen LogP contribution >= 0.6 is 0 Å². The number of quaternary nitrogens is 1. The van der Waals surface area contributed by atoms with E-state index in [2.05, 4.69) is 43.1 Å². The van der Waals surface area contributed by atoms with Crippen LogP contribution in [0.5, 0.6) is 0 Å². The Morgan fingerprint density at radius 1 is 1.19 bits per heavy atom. The molecular formula is C26H37N2O3+. The van der Waals surface area contributed by atoms with E-state index in [-0.39, 0.29) is 29.9 Å². The number of anilines is 1. The van der Waals surface area contributed by atoms with E-state index in [1.54, 1.807) is 0 Å². The fraction of sp³-hybridized carbons (Fsp3) is 0.769. The van der Waals surface area contributed by atoms with Crippen molar-refractivity contribution in [3.63, 3.8) is 0 Å². The van der Waals surface area contributed by atoms with Gasteiger partial charge in [0, 0.05) is 44.0 Å². The van der Waals surface area contributed by atoms with Crippen molar-refractivity contribution in [1.29, 1.82) is 0 Å². The highest BCUT2D eigenvalue weighted by Crippen LogP contribution is 2.71. The molecule has 0 amide bonds. The molecule has 1 aliphatic carbocycles. The average molecular weight is 426 g/mol. The van der Waals surface area contributed by atoms with E-state index in [1.165, 1.54) is 17.7 Å². The fourth-order valence-electron chi connectivity index (χ4n) is 10.1. The van der Waals surface area contributed by atoms with Crippen molar-refractivity contribution in [2.45, 2.75) is 87.4 Å². The topological polar surface area (TPSA) is 52.9 Å². The van der Waals surface area contributed by atoms with Crippen molar-refractivity contribution in [3.8, 4) is 0 Å². The Morgan fingerprint density at radius 3 is 2.81 bits per heavy atom. The summed E-state index contributed by atoms with van der Waals surface area (Å²) in [6, 6.07) is 9.80. The average Bonchev–Trinajstić information content (AvgIpc) is 3.18. The van der Waals surface area contributed by atoms with E-state index in [4.69, 9.17) is 4.74 Å². The summed E-state index contributed by atoms with van der Waals surface area (Å²) in [5.41, 5.74) is 2.49. The molecule has 5 nitrogen and oxygen atoms in total. The van der Waals surface area contributed by atoms with Crippen LogP contribution in [-0.2, 0) is 10.2 Å². The van der Waals surface area contributed by atoms with Gasteiger partial charge >= 0.3 is 0 Å². The summed E-state index contributed by atoms with van der Waals surface area (Å²) in [6.45, 7) is 4.03. The minimum absolute atomic E-state index is 0.169. The van der Waals surface area contributed by atoms with Gasteiger partial charge in [-0.05, 0) is 43.2 Å². The summed E-state index contributed by atoms with van der Waals surface area (Å²) >= 11 is 0. The summed E-state index contributed by atoms with van der Waals surface area (Å²) in [5.74, 6) is 1.05. The second kappa shape index (κ2) is 6.25. The minimum Gasteiger partial charge on any atom is -0.392 e. The third kappa shape index (κ3) is 2.01. The number of nitrogens with zero attached hydrogens (tertiary/aromatic N) is 2. The molecule has 1 spiro atoms. The van der Waals surface area contributed by atoms with Gasteiger partial charge in [-0.25, -0.2) is 0 Å². The number of hydrogen-bond acceptors (Lipinski definition) is 4. The second-order valence-corrected chi connectivity index (χ2v) is 11.5. The van der Waals surface area contributed by atoms with Crippen molar-refractivity contribution >= 4 is 5.69 Å². The zero-order valence-electron chi connectivity index (χ0n) is 18.9. The summed E-state index contributed by atoms with van der Waals surface area (Å²) in [5, 5.41) is 24.1. The molecule has 31 heavy (non-hydrogen) atoms. The first-order valence-electron chi connectivity index (χ1n) is 12.7. The van der Waals surface area contributed by atoms with Crippen molar-refractivity contribution in [2.75, 3.05) is 25.1 Å². The standard InChI is InChI=1S/C26H37N2O3/c1-3-16-17-12-20-23-26(18-9-4-5-10-19(18)27(23)2)13-21(22(17)24(26)29)28(20,25(16)30)14-15-8-6-7-11-31-15/h4-5,9-10,15-17,20-25,29-30H,3,6-8,11-14H2,1-2H3/q+1. The molecule has 6 aliphatic heterocycles. The Kier molecular flexibility index (Phi) is 3.90. The van der Waals surface area contributed by atoms with Gasteiger partial charge in [0.15, 0.2) is 6.23 Å². The minimum atomic E-state index is -0.319. The highest BCUT2D eigenvalue weighted by molar-refractivity contribution is 5.66. The van der Waals surface area contributed by atoms with E-state index in [9.17, 15) is 10.2 Å². The van der Waals surface area contributed by atoms with Crippen LogP contribution in [0.1, 0.15) is 51.0 Å². The molecule has 0 aromatic heterocycles. The first-order valence-corrected chi connectivity index (χ1v) is 12.7. The van der Waals surface area contributed by atoms with Crippen molar-refractivity contribution in [2.24, 2.45) is 17.8 Å². The van der Waals surface area contributed by atoms with E-state index in [1.807, 2.05) is 0 Å². The van der Waals surface area contributed by atoms with Crippen molar-refractivity contribution in [3.05, 3.63) is 29.8 Å². The van der Waals surface area contributed by atoms with Gasteiger partial charge in [-0.15, -0.1) is 0 Å². The Morgan fingerprint density at radius 2 is 2.03 bits per heavy atom. The third-order valence-corrected chi connectivity index (χ3v) is 10.9. The van der Waals surface area contributed by atoms with Gasteiger partial charge in [-0.1, -0.05) is 25.1 Å². The molecule has 6 heterocycles. The number of ether oxygens (including phenoxy) is 1. The molecule has 1 aromatic rings. The van der Waals surface area contributed by atoms with Crippen LogP contribution in [0.25, 0.3) is 0 Å². The molecular weight excluding hydrogens is 388 g/mol. The lowest BCUT2D eigenvalue weighted by atomic mass is 9.60. The number of aliphatic hydroxyl groups is 2. The molecule has 11 atom stereocenters. The van der Waals surface area contributed by atoms with Crippen LogP contribution in [0.2, 0.25) is 0 Å². The van der Waals surface area contributed by atoms with Crippen LogP contribution in [0.3, 0.4) is 0 Å². The van der Waals surface area contributed by atoms with Crippen LogP contribution in [0.15, 0.2) is 24.3 Å². The van der Waals surface area contributed by atoms with Crippen LogP contribution in [0.4, 0.5) is 5.69 Å². The molecule has 0 radical (unpaired) electrons. The second-order valence-electron chi connectivity index (χ2n) is 11.5. The SMILES string of the molecule is CCC1C2CC3C4N(C)c5ccccc5C45CC(C2C5O)[N+]3(CC2CCCCO2)C1O. The van der Waals surface area contributed by atoms with Gasteiger partial charge in [0.25, 0.3) is 0 Å². The van der Waals surface area contributed by atoms with Crippen LogP contribution in [-0.4, -0.2) is 71.5 Å².